The third-order valence-corrected chi connectivity index (χ3v) is 6.16. The highest BCUT2D eigenvalue weighted by Crippen LogP contribution is 2.46. The maximum absolute atomic E-state index is 13.0. The predicted octanol–water partition coefficient (Wildman–Crippen LogP) is 5.85. The van der Waals surface area contributed by atoms with Crippen molar-refractivity contribution in [2.45, 2.75) is 32.6 Å². The summed E-state index contributed by atoms with van der Waals surface area (Å²) in [5.41, 5.74) is 4.23. The number of allylic oxidation sites excluding steroid dienone is 2. The Bertz CT molecular complexity index is 945. The van der Waals surface area contributed by atoms with Gasteiger partial charge in [0, 0.05) is 22.4 Å². The van der Waals surface area contributed by atoms with Gasteiger partial charge < -0.3 is 9.84 Å². The summed E-state index contributed by atoms with van der Waals surface area (Å²) in [5, 5.41) is 11.4. The first kappa shape index (κ1) is 18.1. The Hall–Kier alpha value is -2.26. The zero-order valence-corrected chi connectivity index (χ0v) is 16.3. The van der Waals surface area contributed by atoms with Gasteiger partial charge in [0.25, 0.3) is 0 Å². The van der Waals surface area contributed by atoms with Crippen molar-refractivity contribution in [1.82, 2.24) is 0 Å². The molecule has 0 spiro atoms. The number of halogens is 1. The van der Waals surface area contributed by atoms with E-state index in [0.717, 1.165) is 53.7 Å². The molecule has 27 heavy (non-hydrogen) atoms. The fourth-order valence-corrected chi connectivity index (χ4v) is 4.64. The highest BCUT2D eigenvalue weighted by molar-refractivity contribution is 6.31. The zero-order chi connectivity index (χ0) is 19.1. The van der Waals surface area contributed by atoms with Crippen LogP contribution in [0.25, 0.3) is 16.7 Å². The second kappa shape index (κ2) is 7.05. The molecule has 0 saturated heterocycles. The lowest BCUT2D eigenvalue weighted by molar-refractivity contribution is -0.117. The van der Waals surface area contributed by atoms with Crippen LogP contribution in [0, 0.1) is 11.8 Å². The SMILES string of the molecule is CCc1ccc(-c2cc(Cl)ccc2OC)cc1C1=C(O)[C@@H]2CC[C@@H](C2)C1=O. The number of Topliss-reactive ketones (excluding diaryl/α,β-unsaturated/α-hetero) is 1. The summed E-state index contributed by atoms with van der Waals surface area (Å²) in [6.07, 6.45) is 3.36. The molecule has 2 bridgehead atoms. The van der Waals surface area contributed by atoms with E-state index in [2.05, 4.69) is 6.92 Å². The number of rotatable bonds is 4. The van der Waals surface area contributed by atoms with Gasteiger partial charge in [-0.25, -0.2) is 0 Å². The van der Waals surface area contributed by atoms with Crippen LogP contribution in [0.1, 0.15) is 37.3 Å². The van der Waals surface area contributed by atoms with Crippen LogP contribution in [0.3, 0.4) is 0 Å². The van der Waals surface area contributed by atoms with Gasteiger partial charge in [0.05, 0.1) is 12.7 Å². The summed E-state index contributed by atoms with van der Waals surface area (Å²) < 4.78 is 5.50. The number of ketones is 1. The molecule has 0 amide bonds. The van der Waals surface area contributed by atoms with Crippen LogP contribution in [0.15, 0.2) is 42.2 Å². The summed E-state index contributed by atoms with van der Waals surface area (Å²) in [5.74, 6) is 1.26. The van der Waals surface area contributed by atoms with Gasteiger partial charge in [-0.15, -0.1) is 0 Å². The smallest absolute Gasteiger partial charge is 0.169 e. The van der Waals surface area contributed by atoms with Gasteiger partial charge in [0.1, 0.15) is 11.5 Å². The van der Waals surface area contributed by atoms with Crippen molar-refractivity contribution in [2.24, 2.45) is 11.8 Å². The van der Waals surface area contributed by atoms with E-state index < -0.39 is 0 Å². The summed E-state index contributed by atoms with van der Waals surface area (Å²) >= 11 is 6.20. The monoisotopic (exact) mass is 382 g/mol. The number of aryl methyl sites for hydroxylation is 1. The van der Waals surface area contributed by atoms with Crippen LogP contribution >= 0.6 is 11.6 Å². The quantitative estimate of drug-likeness (QED) is 0.721. The van der Waals surface area contributed by atoms with Crippen molar-refractivity contribution in [3.63, 3.8) is 0 Å². The molecule has 4 rings (SSSR count). The standard InChI is InChI=1S/C23H23ClO3/c1-3-13-4-5-14(18-12-17(24)8-9-20(18)27-2)11-19(13)21-22(25)15-6-7-16(10-15)23(21)26/h4-5,8-9,11-12,15-16,25H,3,6-7,10H2,1-2H3/t15-,16+/m1/s1. The molecule has 3 nitrogen and oxygen atoms in total. The topological polar surface area (TPSA) is 46.5 Å². The number of carbonyl (C=O) groups excluding carboxylic acids is 1. The lowest BCUT2D eigenvalue weighted by atomic mass is 9.81. The van der Waals surface area contributed by atoms with E-state index in [1.54, 1.807) is 13.2 Å². The average molecular weight is 383 g/mol. The van der Waals surface area contributed by atoms with Gasteiger partial charge >= 0.3 is 0 Å². The van der Waals surface area contributed by atoms with Crippen LogP contribution in [0.4, 0.5) is 0 Å². The van der Waals surface area contributed by atoms with Crippen molar-refractivity contribution >= 4 is 23.0 Å². The lowest BCUT2D eigenvalue weighted by Gasteiger charge is -2.24. The second-order valence-corrected chi connectivity index (χ2v) is 7.84. The fraction of sp³-hybridized carbons (Fsp3) is 0.348. The van der Waals surface area contributed by atoms with Gasteiger partial charge in [-0.2, -0.15) is 0 Å². The van der Waals surface area contributed by atoms with Gasteiger partial charge in [-0.1, -0.05) is 30.7 Å². The Morgan fingerprint density at radius 3 is 2.63 bits per heavy atom. The van der Waals surface area contributed by atoms with Crippen LogP contribution in [0.5, 0.6) is 5.75 Å². The number of benzene rings is 2. The Morgan fingerprint density at radius 1 is 1.11 bits per heavy atom. The summed E-state index contributed by atoms with van der Waals surface area (Å²) in [6, 6.07) is 11.6. The highest BCUT2D eigenvalue weighted by Gasteiger charge is 2.41. The second-order valence-electron chi connectivity index (χ2n) is 7.40. The molecule has 0 aromatic heterocycles. The molecule has 4 heteroatoms. The molecule has 140 valence electrons. The van der Waals surface area contributed by atoms with E-state index in [1.807, 2.05) is 30.3 Å². The third-order valence-electron chi connectivity index (χ3n) is 5.93. The number of hydrogen-bond donors (Lipinski definition) is 1. The maximum atomic E-state index is 13.0. The van der Waals surface area contributed by atoms with E-state index in [9.17, 15) is 9.90 Å². The Labute approximate surface area is 164 Å². The van der Waals surface area contributed by atoms with Gasteiger partial charge in [0.2, 0.25) is 0 Å². The minimum absolute atomic E-state index is 0.0509. The summed E-state index contributed by atoms with van der Waals surface area (Å²) in [6.45, 7) is 2.07. The average Bonchev–Trinajstić information content (AvgIpc) is 3.14. The van der Waals surface area contributed by atoms with Gasteiger partial charge in [-0.3, -0.25) is 4.79 Å². The molecule has 0 unspecified atom stereocenters. The summed E-state index contributed by atoms with van der Waals surface area (Å²) in [4.78, 5) is 13.0. The molecular formula is C23H23ClO3. The van der Waals surface area contributed by atoms with E-state index in [0.29, 0.717) is 10.6 Å². The molecule has 2 atom stereocenters. The molecule has 1 saturated carbocycles. The van der Waals surface area contributed by atoms with Crippen LogP contribution in [-0.4, -0.2) is 18.0 Å². The first-order chi connectivity index (χ1) is 13.0. The van der Waals surface area contributed by atoms with Gasteiger partial charge in [-0.05, 0) is 66.6 Å². The number of ether oxygens (including phenoxy) is 1. The third kappa shape index (κ3) is 3.04. The lowest BCUT2D eigenvalue weighted by Crippen LogP contribution is -2.22. The van der Waals surface area contributed by atoms with Crippen molar-refractivity contribution < 1.29 is 14.6 Å². The molecule has 2 aliphatic carbocycles. The zero-order valence-electron chi connectivity index (χ0n) is 15.6. The van der Waals surface area contributed by atoms with Gasteiger partial charge in [0.15, 0.2) is 5.78 Å². The molecule has 2 aromatic carbocycles. The van der Waals surface area contributed by atoms with Crippen LogP contribution < -0.4 is 4.74 Å². The number of fused-ring (bicyclic) bond motifs is 2. The number of hydrogen-bond acceptors (Lipinski definition) is 3. The van der Waals surface area contributed by atoms with Crippen molar-refractivity contribution in [1.29, 1.82) is 0 Å². The van der Waals surface area contributed by atoms with Crippen molar-refractivity contribution in [3.8, 4) is 16.9 Å². The molecule has 0 aliphatic heterocycles. The molecule has 1 fully saturated rings. The Balaban J connectivity index is 1.90. The van der Waals surface area contributed by atoms with E-state index in [-0.39, 0.29) is 23.4 Å². The van der Waals surface area contributed by atoms with E-state index >= 15 is 0 Å². The van der Waals surface area contributed by atoms with E-state index in [1.165, 1.54) is 0 Å². The number of methoxy groups -OCH3 is 1. The first-order valence-corrected chi connectivity index (χ1v) is 9.85. The van der Waals surface area contributed by atoms with Crippen molar-refractivity contribution in [2.75, 3.05) is 7.11 Å². The molecule has 2 aliphatic rings. The van der Waals surface area contributed by atoms with Crippen molar-refractivity contribution in [3.05, 3.63) is 58.3 Å². The first-order valence-electron chi connectivity index (χ1n) is 9.48. The van der Waals surface area contributed by atoms with E-state index in [4.69, 9.17) is 16.3 Å². The normalized spacial score (nSPS) is 21.7. The number of aliphatic hydroxyl groups excluding tert-OH is 1. The summed E-state index contributed by atoms with van der Waals surface area (Å²) in [7, 11) is 1.63. The minimum atomic E-state index is 0.0509. The minimum Gasteiger partial charge on any atom is -0.511 e. The number of carbonyl (C=O) groups is 1. The van der Waals surface area contributed by atoms with Crippen LogP contribution in [-0.2, 0) is 11.2 Å². The predicted molar refractivity (Wildman–Crippen MR) is 108 cm³/mol. The molecule has 1 N–H and O–H groups in total. The Morgan fingerprint density at radius 2 is 1.89 bits per heavy atom. The molecule has 0 radical (unpaired) electrons. The number of aliphatic hydroxyl groups is 1. The molecule has 2 aromatic rings. The molecular weight excluding hydrogens is 360 g/mol. The Kier molecular flexibility index (Phi) is 4.73. The maximum Gasteiger partial charge on any atom is 0.169 e. The molecule has 0 heterocycles. The fourth-order valence-electron chi connectivity index (χ4n) is 4.46. The largest absolute Gasteiger partial charge is 0.511 e. The highest BCUT2D eigenvalue weighted by atomic mass is 35.5. The van der Waals surface area contributed by atoms with Crippen LogP contribution in [0.2, 0.25) is 5.02 Å².